The minimum atomic E-state index is -2.91. The van der Waals surface area contributed by atoms with Crippen LogP contribution in [0.5, 0.6) is 0 Å². The van der Waals surface area contributed by atoms with Crippen LogP contribution in [0, 0.1) is 0 Å². The highest BCUT2D eigenvalue weighted by molar-refractivity contribution is 7.91. The van der Waals surface area contributed by atoms with E-state index in [0.717, 1.165) is 12.1 Å². The van der Waals surface area contributed by atoms with E-state index in [1.807, 2.05) is 24.3 Å². The third kappa shape index (κ3) is 2.21. The normalized spacial score (nSPS) is 20.2. The number of hydrogen-bond donors (Lipinski definition) is 1. The molecule has 1 aromatic carbocycles. The third-order valence-corrected chi connectivity index (χ3v) is 4.55. The van der Waals surface area contributed by atoms with Crippen molar-refractivity contribution in [1.29, 1.82) is 0 Å². The fourth-order valence-corrected chi connectivity index (χ4v) is 2.94. The molecule has 0 saturated carbocycles. The molecule has 1 atom stereocenters. The lowest BCUT2D eigenvalue weighted by atomic mass is 10.1. The number of fused-ring (bicyclic) bond motifs is 1. The quantitative estimate of drug-likeness (QED) is 0.842. The minimum Gasteiger partial charge on any atom is -0.305 e. The molecule has 82 valence electrons. The van der Waals surface area contributed by atoms with E-state index >= 15 is 0 Å². The van der Waals surface area contributed by atoms with Gasteiger partial charge in [-0.3, -0.25) is 0 Å². The molecule has 1 N–H and O–H groups in total. The molecule has 0 amide bonds. The van der Waals surface area contributed by atoms with Gasteiger partial charge in [-0.2, -0.15) is 0 Å². The maximum Gasteiger partial charge on any atom is 0.151 e. The van der Waals surface area contributed by atoms with Gasteiger partial charge in [0.05, 0.1) is 5.75 Å². The van der Waals surface area contributed by atoms with Crippen molar-refractivity contribution in [3.63, 3.8) is 0 Å². The summed E-state index contributed by atoms with van der Waals surface area (Å²) in [6.45, 7) is 2.47. The monoisotopic (exact) mass is 225 g/mol. The highest BCUT2D eigenvalue weighted by Gasteiger charge is 2.25. The molecule has 0 aliphatic carbocycles. The second kappa shape index (κ2) is 3.94. The second-order valence-corrected chi connectivity index (χ2v) is 6.23. The zero-order chi connectivity index (χ0) is 10.9. The molecule has 0 spiro atoms. The van der Waals surface area contributed by atoms with Crippen LogP contribution in [0.25, 0.3) is 0 Å². The first-order valence-electron chi connectivity index (χ1n) is 5.14. The summed E-state index contributed by atoms with van der Waals surface area (Å²) in [7, 11) is -2.91. The molecule has 3 nitrogen and oxygen atoms in total. The Bertz CT molecular complexity index is 453. The topological polar surface area (TPSA) is 46.2 Å². The van der Waals surface area contributed by atoms with Crippen molar-refractivity contribution in [2.45, 2.75) is 19.5 Å². The van der Waals surface area contributed by atoms with Gasteiger partial charge in [0, 0.05) is 18.3 Å². The standard InChI is InChI=1S/C11H15NO2S/c1-2-15(13,14)8-11-10-6-4-3-5-9(10)7-12-11/h3-6,11-12H,2,7-8H2,1H3. The summed E-state index contributed by atoms with van der Waals surface area (Å²) in [5.41, 5.74) is 2.35. The summed E-state index contributed by atoms with van der Waals surface area (Å²) >= 11 is 0. The van der Waals surface area contributed by atoms with Crippen LogP contribution in [-0.2, 0) is 16.4 Å². The lowest BCUT2D eigenvalue weighted by molar-refractivity contribution is 0.572. The third-order valence-electron chi connectivity index (χ3n) is 2.83. The van der Waals surface area contributed by atoms with Crippen molar-refractivity contribution < 1.29 is 8.42 Å². The van der Waals surface area contributed by atoms with E-state index in [1.165, 1.54) is 5.56 Å². The van der Waals surface area contributed by atoms with Gasteiger partial charge in [-0.15, -0.1) is 0 Å². The van der Waals surface area contributed by atoms with Crippen LogP contribution in [0.1, 0.15) is 24.1 Å². The lowest BCUT2D eigenvalue weighted by Crippen LogP contribution is -2.23. The minimum absolute atomic E-state index is 0.0221. The maximum atomic E-state index is 11.5. The Morgan fingerprint density at radius 1 is 1.40 bits per heavy atom. The van der Waals surface area contributed by atoms with Gasteiger partial charge in [-0.05, 0) is 11.1 Å². The Labute approximate surface area is 90.4 Å². The molecule has 1 heterocycles. The Kier molecular flexibility index (Phi) is 2.80. The predicted octanol–water partition coefficient (Wildman–Crippen LogP) is 1.27. The maximum absolute atomic E-state index is 11.5. The Hall–Kier alpha value is -0.870. The molecule has 15 heavy (non-hydrogen) atoms. The number of benzene rings is 1. The largest absolute Gasteiger partial charge is 0.305 e. The number of hydrogen-bond acceptors (Lipinski definition) is 3. The number of rotatable bonds is 3. The predicted molar refractivity (Wildman–Crippen MR) is 60.4 cm³/mol. The van der Waals surface area contributed by atoms with E-state index in [0.29, 0.717) is 0 Å². The van der Waals surface area contributed by atoms with Crippen molar-refractivity contribution in [1.82, 2.24) is 5.32 Å². The number of nitrogens with one attached hydrogen (secondary N) is 1. The first-order valence-corrected chi connectivity index (χ1v) is 6.96. The molecule has 1 aliphatic heterocycles. The van der Waals surface area contributed by atoms with Gasteiger partial charge >= 0.3 is 0 Å². The Morgan fingerprint density at radius 3 is 2.87 bits per heavy atom. The molecule has 0 bridgehead atoms. The summed E-state index contributed by atoms with van der Waals surface area (Å²) in [5.74, 6) is 0.424. The van der Waals surface area contributed by atoms with Crippen LogP contribution in [0.15, 0.2) is 24.3 Å². The second-order valence-electron chi connectivity index (χ2n) is 3.83. The van der Waals surface area contributed by atoms with Crippen LogP contribution in [0.4, 0.5) is 0 Å². The van der Waals surface area contributed by atoms with Gasteiger partial charge in [0.25, 0.3) is 0 Å². The summed E-state index contributed by atoms with van der Waals surface area (Å²) in [6, 6.07) is 7.96. The van der Waals surface area contributed by atoms with Crippen LogP contribution in [-0.4, -0.2) is 19.9 Å². The fourth-order valence-electron chi connectivity index (χ4n) is 1.90. The molecular formula is C11H15NO2S. The van der Waals surface area contributed by atoms with Crippen LogP contribution < -0.4 is 5.32 Å². The first-order chi connectivity index (χ1) is 7.12. The molecule has 0 aromatic heterocycles. The zero-order valence-electron chi connectivity index (χ0n) is 8.73. The van der Waals surface area contributed by atoms with Gasteiger partial charge in [0.1, 0.15) is 0 Å². The molecule has 0 fully saturated rings. The van der Waals surface area contributed by atoms with Gasteiger partial charge in [0.2, 0.25) is 0 Å². The van der Waals surface area contributed by atoms with Gasteiger partial charge < -0.3 is 5.32 Å². The molecular weight excluding hydrogens is 210 g/mol. The molecule has 1 unspecified atom stereocenters. The number of sulfone groups is 1. The fraction of sp³-hybridized carbons (Fsp3) is 0.455. The van der Waals surface area contributed by atoms with E-state index in [1.54, 1.807) is 6.92 Å². The van der Waals surface area contributed by atoms with Crippen LogP contribution >= 0.6 is 0 Å². The van der Waals surface area contributed by atoms with Crippen molar-refractivity contribution in [2.75, 3.05) is 11.5 Å². The van der Waals surface area contributed by atoms with E-state index < -0.39 is 9.84 Å². The Balaban J connectivity index is 2.22. The summed E-state index contributed by atoms with van der Waals surface area (Å²) in [4.78, 5) is 0. The highest BCUT2D eigenvalue weighted by atomic mass is 32.2. The van der Waals surface area contributed by atoms with E-state index in [-0.39, 0.29) is 17.5 Å². The van der Waals surface area contributed by atoms with Crippen molar-refractivity contribution >= 4 is 9.84 Å². The van der Waals surface area contributed by atoms with Gasteiger partial charge in [-0.25, -0.2) is 8.42 Å². The van der Waals surface area contributed by atoms with Crippen molar-refractivity contribution in [3.8, 4) is 0 Å². The SMILES string of the molecule is CCS(=O)(=O)CC1NCc2ccccc21. The van der Waals surface area contributed by atoms with E-state index in [9.17, 15) is 8.42 Å². The molecule has 1 aromatic rings. The van der Waals surface area contributed by atoms with Crippen molar-refractivity contribution in [2.24, 2.45) is 0 Å². The van der Waals surface area contributed by atoms with E-state index in [4.69, 9.17) is 0 Å². The average Bonchev–Trinajstić information content (AvgIpc) is 2.62. The van der Waals surface area contributed by atoms with Crippen LogP contribution in [0.3, 0.4) is 0 Å². The Morgan fingerprint density at radius 2 is 2.13 bits per heavy atom. The van der Waals surface area contributed by atoms with Crippen molar-refractivity contribution in [3.05, 3.63) is 35.4 Å². The molecule has 2 rings (SSSR count). The summed E-state index contributed by atoms with van der Waals surface area (Å²) in [6.07, 6.45) is 0. The van der Waals surface area contributed by atoms with Gasteiger partial charge in [-0.1, -0.05) is 31.2 Å². The average molecular weight is 225 g/mol. The summed E-state index contributed by atoms with van der Waals surface area (Å²) < 4.78 is 23.1. The molecule has 0 saturated heterocycles. The highest BCUT2D eigenvalue weighted by Crippen LogP contribution is 2.25. The summed E-state index contributed by atoms with van der Waals surface area (Å²) in [5, 5.41) is 3.23. The molecule has 1 aliphatic rings. The molecule has 0 radical (unpaired) electrons. The van der Waals surface area contributed by atoms with E-state index in [2.05, 4.69) is 5.32 Å². The van der Waals surface area contributed by atoms with Crippen LogP contribution in [0.2, 0.25) is 0 Å². The molecule has 4 heteroatoms. The lowest BCUT2D eigenvalue weighted by Gasteiger charge is -2.11. The van der Waals surface area contributed by atoms with Gasteiger partial charge in [0.15, 0.2) is 9.84 Å². The zero-order valence-corrected chi connectivity index (χ0v) is 9.55. The first kappa shape index (κ1) is 10.6. The smallest absolute Gasteiger partial charge is 0.151 e.